The Labute approximate surface area is 251 Å². The molecule has 2 amide bonds. The average Bonchev–Trinajstić information content (AvgIpc) is 3.78. The molecule has 0 aliphatic heterocycles. The molecule has 1 aromatic carbocycles. The van der Waals surface area contributed by atoms with Gasteiger partial charge in [-0.3, -0.25) is 23.9 Å². The van der Waals surface area contributed by atoms with E-state index in [1.807, 2.05) is 24.6 Å². The number of carbonyl (C=O) groups is 2. The summed E-state index contributed by atoms with van der Waals surface area (Å²) in [5, 5.41) is 14.3. The molecule has 1 fully saturated rings. The van der Waals surface area contributed by atoms with E-state index in [9.17, 15) is 22.8 Å². The van der Waals surface area contributed by atoms with Crippen LogP contribution >= 0.6 is 11.3 Å². The van der Waals surface area contributed by atoms with Gasteiger partial charge in [-0.25, -0.2) is 4.98 Å². The summed E-state index contributed by atoms with van der Waals surface area (Å²) in [4.78, 5) is 32.5. The smallest absolute Gasteiger partial charge is 0.347 e. The van der Waals surface area contributed by atoms with Crippen LogP contribution in [0.4, 0.5) is 18.3 Å². The van der Waals surface area contributed by atoms with Gasteiger partial charge in [0, 0.05) is 48.9 Å². The largest absolute Gasteiger partial charge is 0.417 e. The molecule has 4 aromatic rings. The van der Waals surface area contributed by atoms with Crippen LogP contribution in [-0.2, 0) is 17.5 Å². The summed E-state index contributed by atoms with van der Waals surface area (Å²) in [6, 6.07) is 8.05. The average molecular weight is 614 g/mol. The predicted octanol–water partition coefficient (Wildman–Crippen LogP) is 6.20. The Balaban J connectivity index is 1.43. The van der Waals surface area contributed by atoms with Crippen molar-refractivity contribution in [3.63, 3.8) is 0 Å². The van der Waals surface area contributed by atoms with E-state index in [1.54, 1.807) is 29.4 Å². The van der Waals surface area contributed by atoms with Crippen LogP contribution < -0.4 is 10.2 Å². The highest BCUT2D eigenvalue weighted by Gasteiger charge is 2.35. The fraction of sp³-hybridized carbons (Fsp3) is 0.433. The molecule has 1 atom stereocenters. The highest BCUT2D eigenvalue weighted by molar-refractivity contribution is 7.13. The highest BCUT2D eigenvalue weighted by atomic mass is 32.1. The van der Waals surface area contributed by atoms with Crippen LogP contribution in [0.2, 0.25) is 0 Å². The van der Waals surface area contributed by atoms with Gasteiger partial charge in [-0.05, 0) is 51.3 Å². The molecule has 9 nitrogen and oxygen atoms in total. The molecule has 0 unspecified atom stereocenters. The van der Waals surface area contributed by atoms with Gasteiger partial charge in [0.15, 0.2) is 10.8 Å². The van der Waals surface area contributed by atoms with Crippen molar-refractivity contribution in [3.05, 3.63) is 70.6 Å². The van der Waals surface area contributed by atoms with E-state index in [0.717, 1.165) is 43.1 Å². The standard InChI is InChI=1S/C30H34F3N7O2S/c1-19-16-20(2)39(36-19)14-12-21(17-27(41)38(3)29-34-13-15-43-29)35-28(42)25-18-26(40(37-25)22-8-4-5-9-22)23-10-6-7-11-24(23)30(31,32)33/h6-7,10-11,13,15-16,18,21-22H,4-5,8-9,12,14,17H2,1-3H3,(H,35,42)/t21-/m0/s1. The van der Waals surface area contributed by atoms with Gasteiger partial charge in [0.05, 0.1) is 23.0 Å². The first kappa shape index (κ1) is 30.5. The summed E-state index contributed by atoms with van der Waals surface area (Å²) < 4.78 is 45.3. The normalized spacial score (nSPS) is 14.7. The van der Waals surface area contributed by atoms with E-state index in [-0.39, 0.29) is 35.3 Å². The summed E-state index contributed by atoms with van der Waals surface area (Å²) in [5.74, 6) is -0.782. The van der Waals surface area contributed by atoms with Crippen molar-refractivity contribution < 1.29 is 22.8 Å². The van der Waals surface area contributed by atoms with Crippen molar-refractivity contribution in [1.82, 2.24) is 29.9 Å². The van der Waals surface area contributed by atoms with Gasteiger partial charge in [0.2, 0.25) is 5.91 Å². The molecular weight excluding hydrogens is 579 g/mol. The topological polar surface area (TPSA) is 97.9 Å². The molecule has 1 saturated carbocycles. The summed E-state index contributed by atoms with van der Waals surface area (Å²) >= 11 is 1.33. The molecule has 43 heavy (non-hydrogen) atoms. The van der Waals surface area contributed by atoms with Crippen LogP contribution in [0.5, 0.6) is 0 Å². The lowest BCUT2D eigenvalue weighted by Crippen LogP contribution is -2.40. The number of alkyl halides is 3. The van der Waals surface area contributed by atoms with E-state index in [0.29, 0.717) is 18.1 Å². The molecule has 1 N–H and O–H groups in total. The van der Waals surface area contributed by atoms with Gasteiger partial charge in [-0.15, -0.1) is 11.3 Å². The third-order valence-electron chi connectivity index (χ3n) is 7.78. The van der Waals surface area contributed by atoms with E-state index in [2.05, 4.69) is 20.5 Å². The number of benzene rings is 1. The Hall–Kier alpha value is -4.00. The number of aryl methyl sites for hydroxylation is 3. The van der Waals surface area contributed by atoms with Crippen molar-refractivity contribution in [2.75, 3.05) is 11.9 Å². The Bertz CT molecular complexity index is 1570. The van der Waals surface area contributed by atoms with Crippen LogP contribution in [0.25, 0.3) is 11.3 Å². The second kappa shape index (κ2) is 12.7. The molecule has 13 heteroatoms. The number of thiazole rings is 1. The lowest BCUT2D eigenvalue weighted by molar-refractivity contribution is -0.137. The maximum absolute atomic E-state index is 14.0. The monoisotopic (exact) mass is 613 g/mol. The number of aromatic nitrogens is 5. The molecule has 5 rings (SSSR count). The molecule has 1 aliphatic rings. The van der Waals surface area contributed by atoms with Gasteiger partial charge in [0.1, 0.15) is 0 Å². The lowest BCUT2D eigenvalue weighted by Gasteiger charge is -2.21. The number of nitrogens with zero attached hydrogens (tertiary/aromatic N) is 6. The highest BCUT2D eigenvalue weighted by Crippen LogP contribution is 2.40. The minimum absolute atomic E-state index is 0.00574. The lowest BCUT2D eigenvalue weighted by atomic mass is 10.0. The zero-order valence-corrected chi connectivity index (χ0v) is 25.1. The van der Waals surface area contributed by atoms with Gasteiger partial charge >= 0.3 is 6.18 Å². The first-order valence-electron chi connectivity index (χ1n) is 14.3. The zero-order chi connectivity index (χ0) is 30.7. The molecule has 1 aliphatic carbocycles. The molecule has 0 bridgehead atoms. The summed E-state index contributed by atoms with van der Waals surface area (Å²) in [6.07, 6.45) is 0.861. The number of carbonyl (C=O) groups excluding carboxylic acids is 2. The van der Waals surface area contributed by atoms with Crippen molar-refractivity contribution >= 4 is 28.3 Å². The van der Waals surface area contributed by atoms with Crippen LogP contribution in [-0.4, -0.2) is 49.4 Å². The van der Waals surface area contributed by atoms with Crippen LogP contribution in [0.3, 0.4) is 0 Å². The van der Waals surface area contributed by atoms with Crippen LogP contribution in [0.15, 0.2) is 48.0 Å². The second-order valence-corrected chi connectivity index (χ2v) is 11.8. The minimum atomic E-state index is -4.57. The number of rotatable bonds is 10. The second-order valence-electron chi connectivity index (χ2n) is 10.9. The van der Waals surface area contributed by atoms with Gasteiger partial charge in [-0.1, -0.05) is 31.0 Å². The van der Waals surface area contributed by atoms with Crippen molar-refractivity contribution in [3.8, 4) is 11.3 Å². The van der Waals surface area contributed by atoms with Gasteiger partial charge in [-0.2, -0.15) is 23.4 Å². The summed E-state index contributed by atoms with van der Waals surface area (Å²) in [6.45, 7) is 4.29. The molecule has 228 valence electrons. The molecule has 3 heterocycles. The number of hydrogen-bond acceptors (Lipinski definition) is 6. The van der Waals surface area contributed by atoms with Crippen molar-refractivity contribution in [1.29, 1.82) is 0 Å². The third-order valence-corrected chi connectivity index (χ3v) is 8.62. The van der Waals surface area contributed by atoms with E-state index in [4.69, 9.17) is 0 Å². The van der Waals surface area contributed by atoms with Crippen molar-refractivity contribution in [2.24, 2.45) is 0 Å². The molecule has 0 radical (unpaired) electrons. The zero-order valence-electron chi connectivity index (χ0n) is 24.3. The van der Waals surface area contributed by atoms with Crippen LogP contribution in [0.1, 0.15) is 72.0 Å². The van der Waals surface area contributed by atoms with E-state index >= 15 is 0 Å². The van der Waals surface area contributed by atoms with Crippen LogP contribution in [0, 0.1) is 13.8 Å². The number of amides is 2. The Morgan fingerprint density at radius 1 is 1.14 bits per heavy atom. The Morgan fingerprint density at radius 3 is 2.53 bits per heavy atom. The first-order chi connectivity index (χ1) is 20.5. The summed E-state index contributed by atoms with van der Waals surface area (Å²) in [5.41, 5.74) is 1.28. The molecule has 3 aromatic heterocycles. The van der Waals surface area contributed by atoms with E-state index in [1.165, 1.54) is 34.4 Å². The maximum atomic E-state index is 14.0. The predicted molar refractivity (Wildman–Crippen MR) is 158 cm³/mol. The maximum Gasteiger partial charge on any atom is 0.417 e. The fourth-order valence-corrected chi connectivity index (χ4v) is 6.21. The first-order valence-corrected chi connectivity index (χ1v) is 15.1. The number of hydrogen-bond donors (Lipinski definition) is 1. The van der Waals surface area contributed by atoms with Crippen molar-refractivity contribution in [2.45, 2.75) is 77.2 Å². The molecule has 0 spiro atoms. The SMILES string of the molecule is Cc1cc(C)n(CC[C@@H](CC(=O)N(C)c2nccs2)NC(=O)c2cc(-c3ccccc3C(F)(F)F)n(C3CCCC3)n2)n1. The number of anilines is 1. The quantitative estimate of drug-likeness (QED) is 0.230. The molecule has 0 saturated heterocycles. The fourth-order valence-electron chi connectivity index (χ4n) is 5.59. The summed E-state index contributed by atoms with van der Waals surface area (Å²) in [7, 11) is 1.63. The van der Waals surface area contributed by atoms with Gasteiger partial charge in [0.25, 0.3) is 5.91 Å². The minimum Gasteiger partial charge on any atom is -0.347 e. The van der Waals surface area contributed by atoms with Gasteiger partial charge < -0.3 is 5.32 Å². The molecular formula is C30H34F3N7O2S. The Kier molecular flexibility index (Phi) is 9.00. The van der Waals surface area contributed by atoms with E-state index < -0.39 is 23.7 Å². The Morgan fingerprint density at radius 2 is 1.88 bits per heavy atom. The number of halogens is 3. The number of nitrogens with one attached hydrogen (secondary N) is 1. The third kappa shape index (κ3) is 6.98.